The molecule has 0 aromatic carbocycles. The van der Waals surface area contributed by atoms with Crippen molar-refractivity contribution in [3.8, 4) is 0 Å². The van der Waals surface area contributed by atoms with Crippen molar-refractivity contribution in [2.45, 2.75) is 19.1 Å². The van der Waals surface area contributed by atoms with Gasteiger partial charge in [-0.1, -0.05) is 0 Å². The molecule has 1 amide bonds. The molecule has 0 saturated heterocycles. The Kier molecular flexibility index (Phi) is 4.21. The highest BCUT2D eigenvalue weighted by Gasteiger charge is 2.38. The van der Waals surface area contributed by atoms with Crippen LogP contribution in [-0.2, 0) is 11.8 Å². The molecule has 9 heteroatoms. The molecule has 0 fully saturated rings. The lowest BCUT2D eigenvalue weighted by Gasteiger charge is -2.16. The van der Waals surface area contributed by atoms with E-state index >= 15 is 0 Å². The molecule has 1 aromatic heterocycles. The number of carbonyl (C=O) groups is 3. The summed E-state index contributed by atoms with van der Waals surface area (Å²) in [6, 6.07) is -1.26. The predicted octanol–water partition coefficient (Wildman–Crippen LogP) is 0.973. The molecule has 1 aromatic rings. The monoisotopic (exact) mass is 292 g/mol. The number of carboxylic acid groups (broad SMARTS) is 1. The van der Waals surface area contributed by atoms with Crippen LogP contribution < -0.4 is 5.32 Å². The van der Waals surface area contributed by atoms with E-state index in [4.69, 9.17) is 5.11 Å². The van der Waals surface area contributed by atoms with E-state index in [1.54, 1.807) is 0 Å². The lowest BCUT2D eigenvalue weighted by molar-refractivity contribution is -0.156. The molecule has 0 radical (unpaired) electrons. The van der Waals surface area contributed by atoms with Gasteiger partial charge in [-0.3, -0.25) is 9.59 Å². The number of aromatic carboxylic acids is 1. The van der Waals surface area contributed by atoms with Gasteiger partial charge in [0.15, 0.2) is 0 Å². The lowest BCUT2D eigenvalue weighted by atomic mass is 10.2. The largest absolute Gasteiger partial charge is 0.477 e. The molecular formula is C11H11F3N2O4. The number of hydrogen-bond acceptors (Lipinski definition) is 3. The predicted molar refractivity (Wildman–Crippen MR) is 60.4 cm³/mol. The molecule has 6 nitrogen and oxygen atoms in total. The van der Waals surface area contributed by atoms with Gasteiger partial charge >= 0.3 is 12.1 Å². The van der Waals surface area contributed by atoms with Gasteiger partial charge in [-0.2, -0.15) is 13.2 Å². The maximum atomic E-state index is 12.2. The Balaban J connectivity index is 2.88. The van der Waals surface area contributed by atoms with Crippen molar-refractivity contribution in [3.63, 3.8) is 0 Å². The lowest BCUT2D eigenvalue weighted by Crippen LogP contribution is -2.45. The summed E-state index contributed by atoms with van der Waals surface area (Å²) in [5.41, 5.74) is -0.554. The maximum absolute atomic E-state index is 12.2. The molecule has 110 valence electrons. The quantitative estimate of drug-likeness (QED) is 0.639. The van der Waals surface area contributed by atoms with E-state index in [0.29, 0.717) is 6.92 Å². The average molecular weight is 292 g/mol. The van der Waals surface area contributed by atoms with Gasteiger partial charge in [-0.25, -0.2) is 4.79 Å². The van der Waals surface area contributed by atoms with Crippen molar-refractivity contribution in [3.05, 3.63) is 23.5 Å². The number of carboxylic acids is 1. The van der Waals surface area contributed by atoms with Crippen molar-refractivity contribution >= 4 is 17.7 Å². The summed E-state index contributed by atoms with van der Waals surface area (Å²) in [4.78, 5) is 33.7. The number of rotatable bonds is 4. The summed E-state index contributed by atoms with van der Waals surface area (Å²) in [5, 5.41) is 10.3. The van der Waals surface area contributed by atoms with E-state index in [-0.39, 0.29) is 11.3 Å². The van der Waals surface area contributed by atoms with Crippen LogP contribution in [0.15, 0.2) is 12.3 Å². The van der Waals surface area contributed by atoms with Crippen LogP contribution in [0.1, 0.15) is 27.8 Å². The molecule has 1 atom stereocenters. The number of nitrogens with zero attached hydrogens (tertiary/aromatic N) is 1. The highest BCUT2D eigenvalue weighted by Crippen LogP contribution is 2.19. The zero-order chi connectivity index (χ0) is 15.7. The van der Waals surface area contributed by atoms with Crippen LogP contribution in [0.3, 0.4) is 0 Å². The Morgan fingerprint density at radius 1 is 1.35 bits per heavy atom. The maximum Gasteiger partial charge on any atom is 0.408 e. The fourth-order valence-electron chi connectivity index (χ4n) is 1.38. The third kappa shape index (κ3) is 3.37. The molecule has 20 heavy (non-hydrogen) atoms. The second-order valence-electron chi connectivity index (χ2n) is 4.10. The van der Waals surface area contributed by atoms with Crippen LogP contribution in [0.2, 0.25) is 0 Å². The molecule has 0 unspecified atom stereocenters. The van der Waals surface area contributed by atoms with E-state index in [9.17, 15) is 27.6 Å². The van der Waals surface area contributed by atoms with Gasteiger partial charge < -0.3 is 15.0 Å². The highest BCUT2D eigenvalue weighted by atomic mass is 19.4. The second-order valence-corrected chi connectivity index (χ2v) is 4.10. The van der Waals surface area contributed by atoms with Crippen molar-refractivity contribution in [1.82, 2.24) is 9.88 Å². The Morgan fingerprint density at radius 3 is 2.30 bits per heavy atom. The first kappa shape index (κ1) is 15.7. The van der Waals surface area contributed by atoms with Crippen molar-refractivity contribution in [1.29, 1.82) is 0 Å². The third-order valence-corrected chi connectivity index (χ3v) is 2.53. The fraction of sp³-hybridized carbons (Fsp3) is 0.364. The number of alkyl halides is 3. The Labute approximate surface area is 111 Å². The summed E-state index contributed by atoms with van der Waals surface area (Å²) in [6.45, 7) is 0.693. The van der Waals surface area contributed by atoms with Gasteiger partial charge in [-0.05, 0) is 13.0 Å². The number of amides is 1. The average Bonchev–Trinajstić information content (AvgIpc) is 2.68. The zero-order valence-electron chi connectivity index (χ0n) is 10.5. The summed E-state index contributed by atoms with van der Waals surface area (Å²) in [5.74, 6) is -4.00. The minimum atomic E-state index is -4.67. The molecule has 0 aliphatic carbocycles. The molecule has 0 spiro atoms. The summed E-state index contributed by atoms with van der Waals surface area (Å²) in [7, 11) is 1.33. The Bertz CT molecular complexity index is 563. The van der Waals surface area contributed by atoms with E-state index in [1.165, 1.54) is 12.4 Å². The Morgan fingerprint density at radius 2 is 1.90 bits per heavy atom. The van der Waals surface area contributed by atoms with Gasteiger partial charge in [0.1, 0.15) is 11.7 Å². The standard InChI is InChI=1S/C11H11F3N2O4/c1-5(11(12,13)14)15-9(18)8(17)6-3-7(10(19)20)16(2)4-6/h3-5H,1-2H3,(H,15,18)(H,19,20)/t5-/m0/s1. The van der Waals surface area contributed by atoms with Crippen LogP contribution in [0, 0.1) is 0 Å². The number of carbonyl (C=O) groups excluding carboxylic acids is 2. The first-order chi connectivity index (χ1) is 9.04. The van der Waals surface area contributed by atoms with E-state index in [2.05, 4.69) is 0 Å². The summed E-state index contributed by atoms with van der Waals surface area (Å²) >= 11 is 0. The van der Waals surface area contributed by atoms with Crippen LogP contribution in [0.4, 0.5) is 13.2 Å². The molecule has 1 heterocycles. The zero-order valence-corrected chi connectivity index (χ0v) is 10.5. The van der Waals surface area contributed by atoms with Gasteiger partial charge in [0, 0.05) is 18.8 Å². The van der Waals surface area contributed by atoms with Crippen LogP contribution in [-0.4, -0.2) is 39.6 Å². The number of nitrogens with one attached hydrogen (secondary N) is 1. The molecule has 0 saturated carbocycles. The van der Waals surface area contributed by atoms with E-state index in [0.717, 1.165) is 16.8 Å². The molecule has 0 aliphatic heterocycles. The number of aromatic nitrogens is 1. The first-order valence-corrected chi connectivity index (χ1v) is 5.35. The van der Waals surface area contributed by atoms with E-state index < -0.39 is 29.9 Å². The number of Topliss-reactive ketones (excluding diaryl/α,β-unsaturated/α-hetero) is 1. The van der Waals surface area contributed by atoms with Gasteiger partial charge in [0.05, 0.1) is 0 Å². The fourth-order valence-corrected chi connectivity index (χ4v) is 1.38. The van der Waals surface area contributed by atoms with Crippen molar-refractivity contribution < 1.29 is 32.7 Å². The molecule has 0 aliphatic rings. The van der Waals surface area contributed by atoms with Crippen molar-refractivity contribution in [2.24, 2.45) is 7.05 Å². The molecular weight excluding hydrogens is 281 g/mol. The molecule has 1 rings (SSSR count). The number of hydrogen-bond donors (Lipinski definition) is 2. The summed E-state index contributed by atoms with van der Waals surface area (Å²) in [6.07, 6.45) is -3.61. The minimum Gasteiger partial charge on any atom is -0.477 e. The smallest absolute Gasteiger partial charge is 0.408 e. The highest BCUT2D eigenvalue weighted by molar-refractivity contribution is 6.43. The minimum absolute atomic E-state index is 0.259. The normalized spacial score (nSPS) is 12.8. The van der Waals surface area contributed by atoms with Crippen LogP contribution in [0.25, 0.3) is 0 Å². The van der Waals surface area contributed by atoms with Gasteiger partial charge in [0.25, 0.3) is 11.7 Å². The van der Waals surface area contributed by atoms with Crippen LogP contribution in [0.5, 0.6) is 0 Å². The van der Waals surface area contributed by atoms with Gasteiger partial charge in [0.2, 0.25) is 0 Å². The SMILES string of the molecule is C[C@H](NC(=O)C(=O)c1cc(C(=O)O)n(C)c1)C(F)(F)F. The molecule has 0 bridgehead atoms. The number of halogens is 3. The Hall–Kier alpha value is -2.32. The first-order valence-electron chi connectivity index (χ1n) is 5.35. The number of aryl methyl sites for hydroxylation is 1. The van der Waals surface area contributed by atoms with Gasteiger partial charge in [-0.15, -0.1) is 0 Å². The van der Waals surface area contributed by atoms with Crippen molar-refractivity contribution in [2.75, 3.05) is 0 Å². The molecule has 2 N–H and O–H groups in total. The topological polar surface area (TPSA) is 88.4 Å². The third-order valence-electron chi connectivity index (χ3n) is 2.53. The number of ketones is 1. The summed E-state index contributed by atoms with van der Waals surface area (Å²) < 4.78 is 37.8. The van der Waals surface area contributed by atoms with E-state index in [1.807, 2.05) is 0 Å². The van der Waals surface area contributed by atoms with Crippen LogP contribution >= 0.6 is 0 Å². The second kappa shape index (κ2) is 5.35.